The van der Waals surface area contributed by atoms with Gasteiger partial charge in [-0.1, -0.05) is 6.92 Å². The van der Waals surface area contributed by atoms with E-state index in [0.29, 0.717) is 17.0 Å². The van der Waals surface area contributed by atoms with Gasteiger partial charge in [-0.15, -0.1) is 0 Å². The number of nitro groups is 1. The van der Waals surface area contributed by atoms with Crippen LogP contribution in [0.15, 0.2) is 6.20 Å². The summed E-state index contributed by atoms with van der Waals surface area (Å²) in [6.07, 6.45) is 7.49. The van der Waals surface area contributed by atoms with E-state index >= 15 is 0 Å². The molecule has 0 aliphatic heterocycles. The van der Waals surface area contributed by atoms with Crippen LogP contribution in [0, 0.1) is 10.1 Å². The highest BCUT2D eigenvalue weighted by Gasteiger charge is 2.27. The van der Waals surface area contributed by atoms with Crippen molar-refractivity contribution < 1.29 is 4.92 Å². The maximum Gasteiger partial charge on any atom is 0.329 e. The number of rotatable bonds is 7. The minimum atomic E-state index is -0.438. The van der Waals surface area contributed by atoms with E-state index in [9.17, 15) is 10.1 Å². The Bertz CT molecular complexity index is 499. The summed E-state index contributed by atoms with van der Waals surface area (Å²) < 4.78 is 0. The van der Waals surface area contributed by atoms with E-state index in [0.717, 1.165) is 32.2 Å². The first-order valence-corrected chi connectivity index (χ1v) is 8.47. The Hall–Kier alpha value is -1.57. The summed E-state index contributed by atoms with van der Waals surface area (Å²) in [6.45, 7) is 2.79. The number of nitrogens with one attached hydrogen (secondary N) is 2. The molecule has 0 amide bonds. The van der Waals surface area contributed by atoms with Gasteiger partial charge in [0.25, 0.3) is 0 Å². The van der Waals surface area contributed by atoms with Gasteiger partial charge in [-0.2, -0.15) is 16.7 Å². The Kier molecular flexibility index (Phi) is 5.60. The Morgan fingerprint density at radius 1 is 1.52 bits per heavy atom. The van der Waals surface area contributed by atoms with Gasteiger partial charge in [-0.25, -0.2) is 4.98 Å². The SMILES string of the molecule is CCCNc1ncc([N+](=O)[O-])c(NC2CCC(SC)C2)n1. The molecule has 1 saturated carbocycles. The monoisotopic (exact) mass is 311 g/mol. The van der Waals surface area contributed by atoms with Gasteiger partial charge in [0.1, 0.15) is 6.20 Å². The van der Waals surface area contributed by atoms with Crippen LogP contribution in [0.5, 0.6) is 0 Å². The number of thioether (sulfide) groups is 1. The van der Waals surface area contributed by atoms with Crippen molar-refractivity contribution in [2.45, 2.75) is 43.9 Å². The quantitative estimate of drug-likeness (QED) is 0.590. The van der Waals surface area contributed by atoms with Gasteiger partial charge in [-0.3, -0.25) is 10.1 Å². The summed E-state index contributed by atoms with van der Waals surface area (Å²) in [7, 11) is 0. The highest BCUT2D eigenvalue weighted by molar-refractivity contribution is 7.99. The molecule has 0 saturated heterocycles. The molecule has 2 unspecified atom stereocenters. The summed E-state index contributed by atoms with van der Waals surface area (Å²) in [4.78, 5) is 18.9. The minimum Gasteiger partial charge on any atom is -0.361 e. The maximum atomic E-state index is 11.1. The fourth-order valence-corrected chi connectivity index (χ4v) is 3.21. The fraction of sp³-hybridized carbons (Fsp3) is 0.692. The standard InChI is InChI=1S/C13H21N5O2S/c1-3-6-14-13-15-8-11(18(19)20)12(17-13)16-9-4-5-10(7-9)21-2/h8-10H,3-7H2,1-2H3,(H2,14,15,16,17). The molecule has 2 rings (SSSR count). The lowest BCUT2D eigenvalue weighted by atomic mass is 10.2. The topological polar surface area (TPSA) is 93.0 Å². The van der Waals surface area contributed by atoms with E-state index < -0.39 is 4.92 Å². The molecule has 21 heavy (non-hydrogen) atoms. The zero-order valence-electron chi connectivity index (χ0n) is 12.3. The van der Waals surface area contributed by atoms with Crippen molar-refractivity contribution in [1.29, 1.82) is 0 Å². The Balaban J connectivity index is 2.12. The lowest BCUT2D eigenvalue weighted by Crippen LogP contribution is -2.19. The average Bonchev–Trinajstić information content (AvgIpc) is 2.92. The second kappa shape index (κ2) is 7.44. The van der Waals surface area contributed by atoms with Crippen LogP contribution in [0.2, 0.25) is 0 Å². The van der Waals surface area contributed by atoms with Gasteiger partial charge < -0.3 is 10.6 Å². The highest BCUT2D eigenvalue weighted by Crippen LogP contribution is 2.32. The number of hydrogen-bond acceptors (Lipinski definition) is 7. The molecule has 116 valence electrons. The molecule has 1 aromatic heterocycles. The zero-order chi connectivity index (χ0) is 15.2. The van der Waals surface area contributed by atoms with Crippen molar-refractivity contribution in [3.8, 4) is 0 Å². The van der Waals surface area contributed by atoms with Crippen molar-refractivity contribution in [2.24, 2.45) is 0 Å². The summed E-state index contributed by atoms with van der Waals surface area (Å²) in [5.74, 6) is 0.754. The molecule has 2 atom stereocenters. The Morgan fingerprint density at radius 3 is 2.95 bits per heavy atom. The molecule has 0 spiro atoms. The molecule has 2 N–H and O–H groups in total. The molecule has 1 aliphatic carbocycles. The molecule has 0 bridgehead atoms. The molecule has 1 aromatic rings. The van der Waals surface area contributed by atoms with Crippen LogP contribution in [-0.4, -0.2) is 39.0 Å². The number of aromatic nitrogens is 2. The number of hydrogen-bond donors (Lipinski definition) is 2. The van der Waals surface area contributed by atoms with E-state index in [2.05, 4.69) is 26.9 Å². The first-order chi connectivity index (χ1) is 10.1. The fourth-order valence-electron chi connectivity index (χ4n) is 2.42. The van der Waals surface area contributed by atoms with E-state index in [1.54, 1.807) is 0 Å². The lowest BCUT2D eigenvalue weighted by Gasteiger charge is -2.14. The third-order valence-corrected chi connectivity index (χ3v) is 4.65. The van der Waals surface area contributed by atoms with Crippen molar-refractivity contribution in [3.05, 3.63) is 16.3 Å². The van der Waals surface area contributed by atoms with E-state index in [-0.39, 0.29) is 11.7 Å². The van der Waals surface area contributed by atoms with Crippen LogP contribution in [0.25, 0.3) is 0 Å². The second-order valence-corrected chi connectivity index (χ2v) is 6.26. The molecular formula is C13H21N5O2S. The molecular weight excluding hydrogens is 290 g/mol. The second-order valence-electron chi connectivity index (χ2n) is 5.12. The smallest absolute Gasteiger partial charge is 0.329 e. The predicted octanol–water partition coefficient (Wildman–Crippen LogP) is 2.90. The van der Waals surface area contributed by atoms with Crippen molar-refractivity contribution in [1.82, 2.24) is 9.97 Å². The Morgan fingerprint density at radius 2 is 2.33 bits per heavy atom. The number of anilines is 2. The van der Waals surface area contributed by atoms with Crippen LogP contribution in [0.4, 0.5) is 17.5 Å². The van der Waals surface area contributed by atoms with Crippen molar-refractivity contribution in [2.75, 3.05) is 23.4 Å². The zero-order valence-corrected chi connectivity index (χ0v) is 13.2. The summed E-state index contributed by atoms with van der Waals surface area (Å²) in [6, 6.07) is 0.245. The minimum absolute atomic E-state index is 0.0651. The van der Waals surface area contributed by atoms with Gasteiger partial charge >= 0.3 is 5.69 Å². The maximum absolute atomic E-state index is 11.1. The van der Waals surface area contributed by atoms with Crippen LogP contribution < -0.4 is 10.6 Å². The molecule has 1 aliphatic rings. The van der Waals surface area contributed by atoms with Crippen LogP contribution >= 0.6 is 11.8 Å². The van der Waals surface area contributed by atoms with Gasteiger partial charge in [-0.05, 0) is 31.9 Å². The molecule has 0 radical (unpaired) electrons. The average molecular weight is 311 g/mol. The molecule has 7 nitrogen and oxygen atoms in total. The highest BCUT2D eigenvalue weighted by atomic mass is 32.2. The lowest BCUT2D eigenvalue weighted by molar-refractivity contribution is -0.384. The van der Waals surface area contributed by atoms with E-state index in [4.69, 9.17) is 0 Å². The summed E-state index contributed by atoms with van der Waals surface area (Å²) in [5, 5.41) is 18.0. The number of nitrogens with zero attached hydrogens (tertiary/aromatic N) is 3. The molecule has 1 fully saturated rings. The van der Waals surface area contributed by atoms with Crippen molar-refractivity contribution in [3.63, 3.8) is 0 Å². The first-order valence-electron chi connectivity index (χ1n) is 7.18. The van der Waals surface area contributed by atoms with E-state index in [1.165, 1.54) is 6.20 Å². The molecule has 1 heterocycles. The molecule has 0 aromatic carbocycles. The Labute approximate surface area is 128 Å². The van der Waals surface area contributed by atoms with Crippen molar-refractivity contribution >= 4 is 29.2 Å². The van der Waals surface area contributed by atoms with Gasteiger partial charge in [0.15, 0.2) is 0 Å². The first kappa shape index (κ1) is 15.8. The van der Waals surface area contributed by atoms with Crippen LogP contribution in [0.3, 0.4) is 0 Å². The van der Waals surface area contributed by atoms with Crippen LogP contribution in [0.1, 0.15) is 32.6 Å². The van der Waals surface area contributed by atoms with Gasteiger partial charge in [0.2, 0.25) is 11.8 Å². The van der Waals surface area contributed by atoms with Gasteiger partial charge in [0.05, 0.1) is 4.92 Å². The largest absolute Gasteiger partial charge is 0.361 e. The summed E-state index contributed by atoms with van der Waals surface area (Å²) in [5.41, 5.74) is -0.0651. The third-order valence-electron chi connectivity index (χ3n) is 3.56. The van der Waals surface area contributed by atoms with Gasteiger partial charge in [0, 0.05) is 17.8 Å². The predicted molar refractivity (Wildman–Crippen MR) is 86.0 cm³/mol. The van der Waals surface area contributed by atoms with Crippen LogP contribution in [-0.2, 0) is 0 Å². The van der Waals surface area contributed by atoms with E-state index in [1.807, 2.05) is 18.7 Å². The normalized spacial score (nSPS) is 21.2. The summed E-state index contributed by atoms with van der Waals surface area (Å²) >= 11 is 1.85. The third kappa shape index (κ3) is 4.20. The molecule has 8 heteroatoms.